The molecule has 1 aromatic heterocycles. The average Bonchev–Trinajstić information content (AvgIpc) is 3.05. The molecule has 1 atom stereocenters. The van der Waals surface area contributed by atoms with Gasteiger partial charge in [-0.1, -0.05) is 29.8 Å². The van der Waals surface area contributed by atoms with Crippen LogP contribution in [0.15, 0.2) is 54.7 Å². The van der Waals surface area contributed by atoms with Crippen LogP contribution in [0.1, 0.15) is 35.7 Å². The fourth-order valence-electron chi connectivity index (χ4n) is 2.92. The number of Topliss-reactive ketones (excluding diaryl/α,β-unsaturated/α-hetero) is 1. The highest BCUT2D eigenvalue weighted by Gasteiger charge is 2.19. The summed E-state index contributed by atoms with van der Waals surface area (Å²) in [5, 5.41) is 1.73. The number of aromatic nitrogens is 1. The highest BCUT2D eigenvalue weighted by atomic mass is 35.5. The molecule has 0 aliphatic heterocycles. The Labute approximate surface area is 157 Å². The van der Waals surface area contributed by atoms with Crippen molar-refractivity contribution in [3.63, 3.8) is 0 Å². The zero-order valence-electron chi connectivity index (χ0n) is 14.5. The number of rotatable bonds is 7. The van der Waals surface area contributed by atoms with Crippen molar-refractivity contribution in [2.24, 2.45) is 0 Å². The molecule has 0 saturated heterocycles. The number of nitrogens with one attached hydrogen (secondary N) is 1. The fraction of sp³-hybridized carbons (Fsp3) is 0.238. The summed E-state index contributed by atoms with van der Waals surface area (Å²) >= 11 is 5.82. The molecule has 3 rings (SSSR count). The van der Waals surface area contributed by atoms with Crippen LogP contribution in [-0.4, -0.2) is 22.8 Å². The van der Waals surface area contributed by atoms with Gasteiger partial charge in [-0.2, -0.15) is 0 Å². The minimum atomic E-state index is -0.809. The molecule has 0 amide bonds. The summed E-state index contributed by atoms with van der Waals surface area (Å²) in [5.41, 5.74) is 2.75. The number of carbonyl (C=O) groups is 2. The van der Waals surface area contributed by atoms with Gasteiger partial charge in [-0.05, 0) is 55.7 Å². The number of H-pyrrole nitrogens is 1. The Morgan fingerprint density at radius 2 is 1.85 bits per heavy atom. The predicted molar refractivity (Wildman–Crippen MR) is 103 cm³/mol. The van der Waals surface area contributed by atoms with Crippen LogP contribution in [0.4, 0.5) is 0 Å². The van der Waals surface area contributed by atoms with Crippen molar-refractivity contribution in [2.45, 2.75) is 32.3 Å². The maximum absolute atomic E-state index is 12.3. The first kappa shape index (κ1) is 18.2. The number of hydrogen-bond acceptors (Lipinski definition) is 3. The molecular weight excluding hydrogens is 350 g/mol. The second-order valence-corrected chi connectivity index (χ2v) is 6.65. The van der Waals surface area contributed by atoms with Gasteiger partial charge < -0.3 is 9.72 Å². The molecule has 0 unspecified atom stereocenters. The molecule has 0 radical (unpaired) electrons. The summed E-state index contributed by atoms with van der Waals surface area (Å²) in [6, 6.07) is 14.6. The summed E-state index contributed by atoms with van der Waals surface area (Å²) in [4.78, 5) is 27.5. The van der Waals surface area contributed by atoms with Gasteiger partial charge in [0.05, 0.1) is 0 Å². The van der Waals surface area contributed by atoms with Gasteiger partial charge >= 0.3 is 5.97 Å². The molecule has 0 aliphatic carbocycles. The van der Waals surface area contributed by atoms with Crippen molar-refractivity contribution in [2.75, 3.05) is 0 Å². The lowest BCUT2D eigenvalue weighted by atomic mass is 10.1. The topological polar surface area (TPSA) is 59.2 Å². The van der Waals surface area contributed by atoms with Gasteiger partial charge in [0, 0.05) is 34.1 Å². The first-order chi connectivity index (χ1) is 12.5. The van der Waals surface area contributed by atoms with Gasteiger partial charge in [-0.25, -0.2) is 0 Å². The van der Waals surface area contributed by atoms with Crippen LogP contribution < -0.4 is 0 Å². The number of para-hydroxylation sites is 1. The van der Waals surface area contributed by atoms with E-state index in [9.17, 15) is 9.59 Å². The standard InChI is InChI=1S/C21H20ClNO3/c1-14(21(25)15-9-11-17(22)12-10-15)26-20(24)8-4-5-16-13-23-19-7-3-2-6-18(16)19/h2-3,6-7,9-14,23H,4-5,8H2,1H3/t14-/m1/s1. The lowest BCUT2D eigenvalue weighted by Crippen LogP contribution is -2.24. The summed E-state index contributed by atoms with van der Waals surface area (Å²) in [7, 11) is 0. The van der Waals surface area contributed by atoms with E-state index in [4.69, 9.17) is 16.3 Å². The minimum absolute atomic E-state index is 0.230. The largest absolute Gasteiger partial charge is 0.454 e. The van der Waals surface area contributed by atoms with Crippen molar-refractivity contribution in [1.82, 2.24) is 4.98 Å². The molecule has 134 valence electrons. The minimum Gasteiger partial charge on any atom is -0.454 e. The molecule has 2 aromatic carbocycles. The number of aryl methyl sites for hydroxylation is 1. The second-order valence-electron chi connectivity index (χ2n) is 6.22. The van der Waals surface area contributed by atoms with Crippen molar-refractivity contribution in [3.05, 3.63) is 70.9 Å². The smallest absolute Gasteiger partial charge is 0.306 e. The SMILES string of the molecule is C[C@@H](OC(=O)CCCc1c[nH]c2ccccc12)C(=O)c1ccc(Cl)cc1. The van der Waals surface area contributed by atoms with Crippen LogP contribution in [0.5, 0.6) is 0 Å². The van der Waals surface area contributed by atoms with Crippen molar-refractivity contribution in [3.8, 4) is 0 Å². The predicted octanol–water partition coefficient (Wildman–Crippen LogP) is 4.96. The van der Waals surface area contributed by atoms with E-state index < -0.39 is 6.10 Å². The van der Waals surface area contributed by atoms with Gasteiger partial charge in [0.1, 0.15) is 0 Å². The number of esters is 1. The van der Waals surface area contributed by atoms with Crippen molar-refractivity contribution < 1.29 is 14.3 Å². The maximum Gasteiger partial charge on any atom is 0.306 e. The van der Waals surface area contributed by atoms with Crippen LogP contribution in [0.2, 0.25) is 5.02 Å². The van der Waals surface area contributed by atoms with E-state index in [1.165, 1.54) is 10.9 Å². The second kappa shape index (κ2) is 8.19. The molecular formula is C21H20ClNO3. The van der Waals surface area contributed by atoms with Gasteiger partial charge in [0.2, 0.25) is 5.78 Å². The average molecular weight is 370 g/mol. The van der Waals surface area contributed by atoms with Crippen molar-refractivity contribution >= 4 is 34.3 Å². The zero-order valence-corrected chi connectivity index (χ0v) is 15.3. The van der Waals surface area contributed by atoms with Crippen LogP contribution in [0, 0.1) is 0 Å². The van der Waals surface area contributed by atoms with Crippen LogP contribution in [0.3, 0.4) is 0 Å². The molecule has 0 bridgehead atoms. The third-order valence-corrected chi connectivity index (χ3v) is 4.56. The van der Waals surface area contributed by atoms with E-state index >= 15 is 0 Å². The first-order valence-corrected chi connectivity index (χ1v) is 8.96. The Morgan fingerprint density at radius 1 is 1.12 bits per heavy atom. The van der Waals surface area contributed by atoms with Gasteiger partial charge in [-0.15, -0.1) is 0 Å². The van der Waals surface area contributed by atoms with Crippen LogP contribution in [0.25, 0.3) is 10.9 Å². The summed E-state index contributed by atoms with van der Waals surface area (Å²) in [6.45, 7) is 1.59. The zero-order chi connectivity index (χ0) is 18.5. The Hall–Kier alpha value is -2.59. The molecule has 3 aromatic rings. The quantitative estimate of drug-likeness (QED) is 0.473. The number of aromatic amines is 1. The van der Waals surface area contributed by atoms with Gasteiger partial charge in [0.15, 0.2) is 6.10 Å². The normalized spacial score (nSPS) is 12.1. The Balaban J connectivity index is 1.49. The van der Waals surface area contributed by atoms with Crippen molar-refractivity contribution in [1.29, 1.82) is 0 Å². The number of hydrogen-bond donors (Lipinski definition) is 1. The van der Waals surface area contributed by atoms with E-state index in [1.807, 2.05) is 24.4 Å². The highest BCUT2D eigenvalue weighted by Crippen LogP contribution is 2.19. The Morgan fingerprint density at radius 3 is 2.62 bits per heavy atom. The Bertz CT molecular complexity index is 914. The van der Waals surface area contributed by atoms with E-state index in [0.717, 1.165) is 11.9 Å². The maximum atomic E-state index is 12.3. The number of carbonyl (C=O) groups excluding carboxylic acids is 2. The highest BCUT2D eigenvalue weighted by molar-refractivity contribution is 6.30. The van der Waals surface area contributed by atoms with E-state index in [-0.39, 0.29) is 18.2 Å². The first-order valence-electron chi connectivity index (χ1n) is 8.59. The monoisotopic (exact) mass is 369 g/mol. The third-order valence-electron chi connectivity index (χ3n) is 4.31. The molecule has 1 N–H and O–H groups in total. The third kappa shape index (κ3) is 4.33. The fourth-order valence-corrected chi connectivity index (χ4v) is 3.05. The molecule has 0 aliphatic rings. The number of benzene rings is 2. The lowest BCUT2D eigenvalue weighted by molar-refractivity contribution is -0.146. The van der Waals surface area contributed by atoms with Crippen LogP contribution in [-0.2, 0) is 16.0 Å². The van der Waals surface area contributed by atoms with E-state index in [2.05, 4.69) is 11.1 Å². The van der Waals surface area contributed by atoms with Gasteiger partial charge in [0.25, 0.3) is 0 Å². The van der Waals surface area contributed by atoms with Crippen LogP contribution >= 0.6 is 11.6 Å². The number of ketones is 1. The number of halogens is 1. The molecule has 1 heterocycles. The summed E-state index contributed by atoms with van der Waals surface area (Å²) in [6.07, 6.45) is 2.89. The Kier molecular flexibility index (Phi) is 5.74. The molecule has 0 saturated carbocycles. The molecule has 0 fully saturated rings. The lowest BCUT2D eigenvalue weighted by Gasteiger charge is -2.12. The molecule has 5 heteroatoms. The molecule has 4 nitrogen and oxygen atoms in total. The molecule has 26 heavy (non-hydrogen) atoms. The number of fused-ring (bicyclic) bond motifs is 1. The van der Waals surface area contributed by atoms with Gasteiger partial charge in [-0.3, -0.25) is 9.59 Å². The summed E-state index contributed by atoms with van der Waals surface area (Å²) in [5.74, 6) is -0.591. The van der Waals surface area contributed by atoms with E-state index in [1.54, 1.807) is 31.2 Å². The van der Waals surface area contributed by atoms with E-state index in [0.29, 0.717) is 17.0 Å². The number of ether oxygens (including phenoxy) is 1. The molecule has 0 spiro atoms. The summed E-state index contributed by atoms with van der Waals surface area (Å²) < 4.78 is 5.27.